The van der Waals surface area contributed by atoms with E-state index < -0.39 is 23.5 Å². The van der Waals surface area contributed by atoms with E-state index in [0.717, 1.165) is 12.1 Å². The highest BCUT2D eigenvalue weighted by Gasteiger charge is 2.34. The van der Waals surface area contributed by atoms with Crippen molar-refractivity contribution in [2.24, 2.45) is 0 Å². The number of halogens is 4. The molecule has 0 heterocycles. The van der Waals surface area contributed by atoms with Crippen LogP contribution in [0.2, 0.25) is 0 Å². The molecule has 1 aromatic carbocycles. The molecule has 1 rings (SSSR count). The van der Waals surface area contributed by atoms with Gasteiger partial charge in [-0.3, -0.25) is 4.79 Å². The van der Waals surface area contributed by atoms with Crippen LogP contribution >= 0.6 is 0 Å². The number of benzene rings is 1. The first-order chi connectivity index (χ1) is 9.20. The second-order valence-corrected chi connectivity index (χ2v) is 4.55. The smallest absolute Gasteiger partial charge is 0.419 e. The van der Waals surface area contributed by atoms with Gasteiger partial charge < -0.3 is 10.0 Å². The van der Waals surface area contributed by atoms with Gasteiger partial charge in [-0.1, -0.05) is 6.07 Å². The fraction of sp³-hybridized carbons (Fsp3) is 0.462. The maximum absolute atomic E-state index is 13.1. The molecule has 0 unspecified atom stereocenters. The lowest BCUT2D eigenvalue weighted by Crippen LogP contribution is -2.20. The van der Waals surface area contributed by atoms with E-state index in [-0.39, 0.29) is 13.0 Å². The Morgan fingerprint density at radius 2 is 2.00 bits per heavy atom. The third kappa shape index (κ3) is 5.16. The third-order valence-corrected chi connectivity index (χ3v) is 2.72. The van der Waals surface area contributed by atoms with Crippen molar-refractivity contribution < 1.29 is 27.5 Å². The fourth-order valence-electron chi connectivity index (χ4n) is 1.78. The molecule has 0 radical (unpaired) electrons. The lowest BCUT2D eigenvalue weighted by Gasteiger charge is -2.17. The second kappa shape index (κ2) is 6.69. The Morgan fingerprint density at radius 3 is 2.55 bits per heavy atom. The van der Waals surface area contributed by atoms with Crippen molar-refractivity contribution in [1.82, 2.24) is 4.90 Å². The molecular formula is C13H15F4NO2. The van der Waals surface area contributed by atoms with E-state index in [1.54, 1.807) is 11.9 Å². The molecule has 0 saturated carbocycles. The third-order valence-electron chi connectivity index (χ3n) is 2.72. The van der Waals surface area contributed by atoms with E-state index in [0.29, 0.717) is 18.5 Å². The highest BCUT2D eigenvalue weighted by molar-refractivity contribution is 5.66. The molecule has 0 aliphatic carbocycles. The Balaban J connectivity index is 2.66. The molecule has 0 saturated heterocycles. The first kappa shape index (κ1) is 16.4. The highest BCUT2D eigenvalue weighted by Crippen LogP contribution is 2.32. The summed E-state index contributed by atoms with van der Waals surface area (Å²) in [5, 5.41) is 8.49. The molecule has 0 spiro atoms. The second-order valence-electron chi connectivity index (χ2n) is 4.55. The lowest BCUT2D eigenvalue weighted by molar-refractivity contribution is -0.140. The zero-order valence-corrected chi connectivity index (χ0v) is 10.9. The minimum absolute atomic E-state index is 0.00155. The summed E-state index contributed by atoms with van der Waals surface area (Å²) < 4.78 is 50.7. The summed E-state index contributed by atoms with van der Waals surface area (Å²) in [6, 6.07) is 2.87. The molecule has 1 N–H and O–H groups in total. The van der Waals surface area contributed by atoms with Gasteiger partial charge in [0, 0.05) is 13.0 Å². The van der Waals surface area contributed by atoms with Gasteiger partial charge in [0.25, 0.3) is 0 Å². The summed E-state index contributed by atoms with van der Waals surface area (Å²) in [5.74, 6) is -2.21. The summed E-state index contributed by atoms with van der Waals surface area (Å²) in [6.07, 6.45) is -4.32. The van der Waals surface area contributed by atoms with Crippen LogP contribution in [-0.4, -0.2) is 29.6 Å². The van der Waals surface area contributed by atoms with Gasteiger partial charge in [-0.25, -0.2) is 4.39 Å². The van der Waals surface area contributed by atoms with E-state index in [9.17, 15) is 22.4 Å². The monoisotopic (exact) mass is 293 g/mol. The maximum Gasteiger partial charge on any atom is 0.419 e. The van der Waals surface area contributed by atoms with Gasteiger partial charge in [-0.05, 0) is 37.7 Å². The van der Waals surface area contributed by atoms with Crippen molar-refractivity contribution in [1.29, 1.82) is 0 Å². The average Bonchev–Trinajstić information content (AvgIpc) is 2.29. The minimum Gasteiger partial charge on any atom is -0.481 e. The number of nitrogens with zero attached hydrogens (tertiary/aromatic N) is 1. The topological polar surface area (TPSA) is 40.5 Å². The number of carbonyl (C=O) groups is 1. The van der Waals surface area contributed by atoms with E-state index in [1.807, 2.05) is 0 Å². The average molecular weight is 293 g/mol. The van der Waals surface area contributed by atoms with Gasteiger partial charge >= 0.3 is 12.1 Å². The normalized spacial score (nSPS) is 11.9. The molecule has 0 bridgehead atoms. The predicted octanol–water partition coefficient (Wildman–Crippen LogP) is 3.14. The van der Waals surface area contributed by atoms with Crippen LogP contribution in [0.15, 0.2) is 18.2 Å². The van der Waals surface area contributed by atoms with Crippen molar-refractivity contribution in [3.8, 4) is 0 Å². The Labute approximate surface area is 113 Å². The van der Waals surface area contributed by atoms with Crippen LogP contribution in [0.3, 0.4) is 0 Å². The zero-order valence-electron chi connectivity index (χ0n) is 10.9. The van der Waals surface area contributed by atoms with Crippen LogP contribution in [0.5, 0.6) is 0 Å². The molecule has 1 aromatic rings. The van der Waals surface area contributed by atoms with Crippen LogP contribution in [0, 0.1) is 5.82 Å². The largest absolute Gasteiger partial charge is 0.481 e. The van der Waals surface area contributed by atoms with Gasteiger partial charge in [-0.2, -0.15) is 13.2 Å². The maximum atomic E-state index is 13.1. The van der Waals surface area contributed by atoms with Gasteiger partial charge in [0.1, 0.15) is 5.82 Å². The number of alkyl halides is 3. The standard InChI is InChI=1S/C13H15F4NO2/c1-18(6-2-3-12(19)20)8-9-4-5-11(14)10(7-9)13(15,16)17/h4-5,7H,2-3,6,8H2,1H3,(H,19,20). The molecule has 0 atom stereocenters. The van der Waals surface area contributed by atoms with E-state index in [4.69, 9.17) is 5.11 Å². The van der Waals surface area contributed by atoms with Crippen molar-refractivity contribution in [3.63, 3.8) is 0 Å². The van der Waals surface area contributed by atoms with Crippen LogP contribution < -0.4 is 0 Å². The zero-order chi connectivity index (χ0) is 15.3. The molecule has 0 aliphatic heterocycles. The Hall–Kier alpha value is -1.63. The molecule has 20 heavy (non-hydrogen) atoms. The van der Waals surface area contributed by atoms with Crippen LogP contribution in [-0.2, 0) is 17.5 Å². The van der Waals surface area contributed by atoms with E-state index in [1.165, 1.54) is 6.07 Å². The van der Waals surface area contributed by atoms with Crippen molar-refractivity contribution in [2.75, 3.05) is 13.6 Å². The number of carboxylic acids is 1. The number of aliphatic carboxylic acids is 1. The number of rotatable bonds is 6. The lowest BCUT2D eigenvalue weighted by atomic mass is 10.1. The van der Waals surface area contributed by atoms with Crippen molar-refractivity contribution in [2.45, 2.75) is 25.6 Å². The number of carboxylic acid groups (broad SMARTS) is 1. The van der Waals surface area contributed by atoms with Gasteiger partial charge in [0.2, 0.25) is 0 Å². The van der Waals surface area contributed by atoms with Gasteiger partial charge in [0.15, 0.2) is 0 Å². The highest BCUT2D eigenvalue weighted by atomic mass is 19.4. The first-order valence-electron chi connectivity index (χ1n) is 5.96. The molecule has 0 aromatic heterocycles. The SMILES string of the molecule is CN(CCCC(=O)O)Cc1ccc(F)c(C(F)(F)F)c1. The molecule has 112 valence electrons. The Kier molecular flexibility index (Phi) is 5.50. The molecule has 7 heteroatoms. The summed E-state index contributed by atoms with van der Waals surface area (Å²) in [5.41, 5.74) is -0.953. The summed E-state index contributed by atoms with van der Waals surface area (Å²) in [7, 11) is 1.67. The van der Waals surface area contributed by atoms with Crippen LogP contribution in [0.25, 0.3) is 0 Å². The minimum atomic E-state index is -4.72. The Morgan fingerprint density at radius 1 is 1.35 bits per heavy atom. The molecule has 0 fully saturated rings. The molecule has 0 amide bonds. The summed E-state index contributed by atoms with van der Waals surface area (Å²) in [4.78, 5) is 12.0. The Bertz CT molecular complexity index is 474. The van der Waals surface area contributed by atoms with Crippen molar-refractivity contribution in [3.05, 3.63) is 35.1 Å². The van der Waals surface area contributed by atoms with E-state index >= 15 is 0 Å². The van der Waals surface area contributed by atoms with Crippen molar-refractivity contribution >= 4 is 5.97 Å². The molecule has 3 nitrogen and oxygen atoms in total. The van der Waals surface area contributed by atoms with Crippen LogP contribution in [0.4, 0.5) is 17.6 Å². The number of hydrogen-bond donors (Lipinski definition) is 1. The molecule has 0 aliphatic rings. The fourth-order valence-corrected chi connectivity index (χ4v) is 1.78. The molecular weight excluding hydrogens is 278 g/mol. The van der Waals surface area contributed by atoms with E-state index in [2.05, 4.69) is 0 Å². The summed E-state index contributed by atoms with van der Waals surface area (Å²) in [6.45, 7) is 0.633. The predicted molar refractivity (Wildman–Crippen MR) is 64.6 cm³/mol. The summed E-state index contributed by atoms with van der Waals surface area (Å²) >= 11 is 0. The number of hydrogen-bond acceptors (Lipinski definition) is 2. The van der Waals surface area contributed by atoms with Gasteiger partial charge in [-0.15, -0.1) is 0 Å². The quantitative estimate of drug-likeness (QED) is 0.819. The van der Waals surface area contributed by atoms with Crippen LogP contribution in [0.1, 0.15) is 24.0 Å². The van der Waals surface area contributed by atoms with Gasteiger partial charge in [0.05, 0.1) is 5.56 Å². The first-order valence-corrected chi connectivity index (χ1v) is 5.96.